The second-order valence-corrected chi connectivity index (χ2v) is 3.81. The molecule has 0 saturated heterocycles. The first-order valence-corrected chi connectivity index (χ1v) is 5.82. The minimum atomic E-state index is -0.955. The van der Waals surface area contributed by atoms with Gasteiger partial charge in [-0.15, -0.1) is 0 Å². The lowest BCUT2D eigenvalue weighted by atomic mass is 10.1. The van der Waals surface area contributed by atoms with Gasteiger partial charge in [-0.05, 0) is 6.42 Å². The first-order chi connectivity index (χ1) is 8.49. The maximum absolute atomic E-state index is 11.4. The van der Waals surface area contributed by atoms with Gasteiger partial charge in [-0.3, -0.25) is 9.59 Å². The third-order valence-corrected chi connectivity index (χ3v) is 2.24. The van der Waals surface area contributed by atoms with E-state index in [0.29, 0.717) is 6.42 Å². The zero-order chi connectivity index (χ0) is 14.0. The number of carbonyl (C=O) groups excluding carboxylic acids is 2. The van der Waals surface area contributed by atoms with E-state index in [-0.39, 0.29) is 19.4 Å². The lowest BCUT2D eigenvalue weighted by Gasteiger charge is -2.16. The van der Waals surface area contributed by atoms with Gasteiger partial charge >= 0.3 is 18.0 Å². The van der Waals surface area contributed by atoms with Crippen LogP contribution in [0.15, 0.2) is 0 Å². The van der Waals surface area contributed by atoms with Gasteiger partial charge in [-0.2, -0.15) is 0 Å². The van der Waals surface area contributed by atoms with Gasteiger partial charge in [0.25, 0.3) is 0 Å². The van der Waals surface area contributed by atoms with Crippen molar-refractivity contribution in [2.75, 3.05) is 13.7 Å². The van der Waals surface area contributed by atoms with Gasteiger partial charge in [0, 0.05) is 12.6 Å². The van der Waals surface area contributed by atoms with E-state index in [0.717, 1.165) is 6.42 Å². The molecule has 0 bridgehead atoms. The Kier molecular flexibility index (Phi) is 8.34. The van der Waals surface area contributed by atoms with E-state index in [9.17, 15) is 14.4 Å². The highest BCUT2D eigenvalue weighted by molar-refractivity contribution is 5.76. The number of urea groups is 1. The minimum absolute atomic E-state index is 0.0846. The van der Waals surface area contributed by atoms with Crippen molar-refractivity contribution in [3.63, 3.8) is 0 Å². The summed E-state index contributed by atoms with van der Waals surface area (Å²) in [6.07, 6.45) is 1.34. The molecule has 0 aliphatic rings. The largest absolute Gasteiger partial charge is 0.481 e. The summed E-state index contributed by atoms with van der Waals surface area (Å²) in [6.45, 7) is 2.07. The number of amides is 2. The molecule has 0 aromatic carbocycles. The topological polar surface area (TPSA) is 105 Å². The Morgan fingerprint density at radius 2 is 2.00 bits per heavy atom. The summed E-state index contributed by atoms with van der Waals surface area (Å²) in [6, 6.07) is -0.871. The lowest BCUT2D eigenvalue weighted by molar-refractivity contribution is -0.140. The van der Waals surface area contributed by atoms with Crippen molar-refractivity contribution < 1.29 is 24.2 Å². The summed E-state index contributed by atoms with van der Waals surface area (Å²) in [5, 5.41) is 13.7. The fourth-order valence-electron chi connectivity index (χ4n) is 1.40. The third kappa shape index (κ3) is 8.37. The van der Waals surface area contributed by atoms with Gasteiger partial charge in [0.15, 0.2) is 0 Å². The molecule has 2 amide bonds. The van der Waals surface area contributed by atoms with E-state index in [1.807, 2.05) is 6.92 Å². The number of aliphatic carboxylic acids is 1. The van der Waals surface area contributed by atoms with E-state index < -0.39 is 24.0 Å². The quantitative estimate of drug-likeness (QED) is 0.551. The van der Waals surface area contributed by atoms with Crippen molar-refractivity contribution in [3.05, 3.63) is 0 Å². The van der Waals surface area contributed by atoms with Crippen molar-refractivity contribution in [1.82, 2.24) is 10.6 Å². The zero-order valence-electron chi connectivity index (χ0n) is 10.7. The Hall–Kier alpha value is -1.79. The van der Waals surface area contributed by atoms with Crippen LogP contribution in [0.4, 0.5) is 4.79 Å². The molecule has 0 fully saturated rings. The molecule has 0 aliphatic carbocycles. The standard InChI is InChI=1S/C11H20N2O5/c1-3-4-8(7-9(14)15)13-11(17)12-6-5-10(16)18-2/h8H,3-7H2,1-2H3,(H,14,15)(H2,12,13,17). The molecule has 104 valence electrons. The van der Waals surface area contributed by atoms with Gasteiger partial charge in [-0.25, -0.2) is 4.79 Å². The lowest BCUT2D eigenvalue weighted by Crippen LogP contribution is -2.43. The fraction of sp³-hybridized carbons (Fsp3) is 0.727. The van der Waals surface area contributed by atoms with Crippen LogP contribution in [0, 0.1) is 0 Å². The van der Waals surface area contributed by atoms with E-state index in [2.05, 4.69) is 15.4 Å². The molecule has 0 aromatic heterocycles. The van der Waals surface area contributed by atoms with Crippen LogP contribution in [0.2, 0.25) is 0 Å². The van der Waals surface area contributed by atoms with Crippen LogP contribution in [0.3, 0.4) is 0 Å². The third-order valence-electron chi connectivity index (χ3n) is 2.24. The van der Waals surface area contributed by atoms with Gasteiger partial charge < -0.3 is 20.5 Å². The van der Waals surface area contributed by atoms with Crippen LogP contribution in [0.1, 0.15) is 32.6 Å². The molecule has 7 heteroatoms. The molecule has 0 aliphatic heterocycles. The number of carboxylic acids is 1. The number of rotatable bonds is 8. The van der Waals surface area contributed by atoms with E-state index in [1.165, 1.54) is 7.11 Å². The number of ether oxygens (including phenoxy) is 1. The van der Waals surface area contributed by atoms with Crippen molar-refractivity contribution in [1.29, 1.82) is 0 Å². The van der Waals surface area contributed by atoms with Crippen LogP contribution in [0.25, 0.3) is 0 Å². The van der Waals surface area contributed by atoms with Crippen LogP contribution in [0.5, 0.6) is 0 Å². The summed E-state index contributed by atoms with van der Waals surface area (Å²) in [5.41, 5.74) is 0. The highest BCUT2D eigenvalue weighted by atomic mass is 16.5. The molecule has 7 nitrogen and oxygen atoms in total. The number of methoxy groups -OCH3 is 1. The highest BCUT2D eigenvalue weighted by Gasteiger charge is 2.14. The highest BCUT2D eigenvalue weighted by Crippen LogP contribution is 2.01. The maximum atomic E-state index is 11.4. The van der Waals surface area contributed by atoms with E-state index in [4.69, 9.17) is 5.11 Å². The maximum Gasteiger partial charge on any atom is 0.315 e. The summed E-state index contributed by atoms with van der Waals surface area (Å²) < 4.78 is 4.42. The number of carbonyl (C=O) groups is 3. The Balaban J connectivity index is 3.94. The fourth-order valence-corrected chi connectivity index (χ4v) is 1.40. The van der Waals surface area contributed by atoms with Crippen molar-refractivity contribution in [2.24, 2.45) is 0 Å². The van der Waals surface area contributed by atoms with Crippen LogP contribution in [-0.4, -0.2) is 42.8 Å². The van der Waals surface area contributed by atoms with Gasteiger partial charge in [0.1, 0.15) is 0 Å². The first-order valence-electron chi connectivity index (χ1n) is 5.82. The Morgan fingerprint density at radius 3 is 2.50 bits per heavy atom. The molecular weight excluding hydrogens is 240 g/mol. The normalized spacial score (nSPS) is 11.4. The molecule has 0 heterocycles. The number of carboxylic acid groups (broad SMARTS) is 1. The molecule has 0 radical (unpaired) electrons. The molecular formula is C11H20N2O5. The number of esters is 1. The second-order valence-electron chi connectivity index (χ2n) is 3.81. The predicted molar refractivity (Wildman–Crippen MR) is 64.1 cm³/mol. The molecule has 0 saturated carbocycles. The molecule has 1 atom stereocenters. The number of hydrogen-bond acceptors (Lipinski definition) is 4. The molecule has 1 unspecified atom stereocenters. The van der Waals surface area contributed by atoms with Gasteiger partial charge in [0.2, 0.25) is 0 Å². The van der Waals surface area contributed by atoms with E-state index in [1.54, 1.807) is 0 Å². The zero-order valence-corrected chi connectivity index (χ0v) is 10.7. The van der Waals surface area contributed by atoms with Crippen molar-refractivity contribution in [2.45, 2.75) is 38.6 Å². The van der Waals surface area contributed by atoms with Crippen LogP contribution < -0.4 is 10.6 Å². The van der Waals surface area contributed by atoms with Gasteiger partial charge in [0.05, 0.1) is 20.0 Å². The average molecular weight is 260 g/mol. The monoisotopic (exact) mass is 260 g/mol. The number of nitrogens with one attached hydrogen (secondary N) is 2. The Labute approximate surface area is 106 Å². The first kappa shape index (κ1) is 16.2. The summed E-state index contributed by atoms with van der Waals surface area (Å²) in [7, 11) is 1.27. The minimum Gasteiger partial charge on any atom is -0.481 e. The van der Waals surface area contributed by atoms with Crippen molar-refractivity contribution >= 4 is 18.0 Å². The molecule has 3 N–H and O–H groups in total. The van der Waals surface area contributed by atoms with E-state index >= 15 is 0 Å². The summed E-state index contributed by atoms with van der Waals surface area (Å²) in [5.74, 6) is -1.37. The van der Waals surface area contributed by atoms with Crippen LogP contribution >= 0.6 is 0 Å². The smallest absolute Gasteiger partial charge is 0.315 e. The molecule has 0 spiro atoms. The Bertz CT molecular complexity index is 293. The summed E-state index contributed by atoms with van der Waals surface area (Å²) in [4.78, 5) is 32.8. The molecule has 0 aromatic rings. The SMILES string of the molecule is CCCC(CC(=O)O)NC(=O)NCCC(=O)OC. The second kappa shape index (κ2) is 9.26. The average Bonchev–Trinajstić information content (AvgIpc) is 2.28. The molecule has 0 rings (SSSR count). The molecule has 18 heavy (non-hydrogen) atoms. The number of hydrogen-bond donors (Lipinski definition) is 3. The Morgan fingerprint density at radius 1 is 1.33 bits per heavy atom. The van der Waals surface area contributed by atoms with Crippen LogP contribution in [-0.2, 0) is 14.3 Å². The predicted octanol–water partition coefficient (Wildman–Crippen LogP) is 0.492. The van der Waals surface area contributed by atoms with Gasteiger partial charge in [-0.1, -0.05) is 13.3 Å². The summed E-state index contributed by atoms with van der Waals surface area (Å²) >= 11 is 0. The van der Waals surface area contributed by atoms with Crippen molar-refractivity contribution in [3.8, 4) is 0 Å².